The van der Waals surface area contributed by atoms with Crippen molar-refractivity contribution in [3.8, 4) is 5.75 Å². The minimum atomic E-state index is -1.17. The zero-order chi connectivity index (χ0) is 26.7. The van der Waals surface area contributed by atoms with E-state index in [9.17, 15) is 29.6 Å². The summed E-state index contributed by atoms with van der Waals surface area (Å²) < 4.78 is 10.1. The summed E-state index contributed by atoms with van der Waals surface area (Å²) in [4.78, 5) is 50.6. The highest BCUT2D eigenvalue weighted by molar-refractivity contribution is 6.51. The number of benzene rings is 3. The molecule has 0 aromatic heterocycles. The quantitative estimate of drug-likeness (QED) is 0.125. The van der Waals surface area contributed by atoms with Crippen molar-refractivity contribution in [1.29, 1.82) is 0 Å². The summed E-state index contributed by atoms with van der Waals surface area (Å²) in [6, 6.07) is 16.4. The molecule has 1 heterocycles. The molecular weight excluding hydrogens is 480 g/mol. The number of ketones is 1. The predicted octanol–water partition coefficient (Wildman–Crippen LogP) is 4.41. The van der Waals surface area contributed by atoms with Crippen LogP contribution in [0.15, 0.2) is 78.4 Å². The highest BCUT2D eigenvalue weighted by Gasteiger charge is 2.47. The maximum absolute atomic E-state index is 13.3. The van der Waals surface area contributed by atoms with Crippen molar-refractivity contribution in [2.24, 2.45) is 0 Å². The molecular formula is C27H22N2O8. The van der Waals surface area contributed by atoms with Gasteiger partial charge >= 0.3 is 5.97 Å². The molecule has 0 radical (unpaired) electrons. The maximum atomic E-state index is 13.3. The van der Waals surface area contributed by atoms with Crippen molar-refractivity contribution >= 4 is 34.8 Å². The second kappa shape index (κ2) is 10.3. The molecule has 0 saturated carbocycles. The van der Waals surface area contributed by atoms with Crippen molar-refractivity contribution < 1.29 is 33.9 Å². The Balaban J connectivity index is 1.88. The zero-order valence-corrected chi connectivity index (χ0v) is 19.9. The molecule has 4 rings (SSSR count). The van der Waals surface area contributed by atoms with Gasteiger partial charge in [-0.25, -0.2) is 4.79 Å². The van der Waals surface area contributed by atoms with E-state index in [1.807, 2.05) is 0 Å². The van der Waals surface area contributed by atoms with Crippen LogP contribution < -0.4 is 9.64 Å². The Labute approximate surface area is 211 Å². The number of rotatable bonds is 7. The molecule has 37 heavy (non-hydrogen) atoms. The first-order valence-electron chi connectivity index (χ1n) is 11.2. The third-order valence-corrected chi connectivity index (χ3v) is 5.86. The Bertz CT molecular complexity index is 1410. The summed E-state index contributed by atoms with van der Waals surface area (Å²) in [6.45, 7) is 1.86. The average molecular weight is 502 g/mol. The number of amides is 1. The number of carbonyl (C=O) groups excluding carboxylic acids is 3. The summed E-state index contributed by atoms with van der Waals surface area (Å²) >= 11 is 0. The van der Waals surface area contributed by atoms with Crippen molar-refractivity contribution in [3.63, 3.8) is 0 Å². The number of methoxy groups -OCH3 is 1. The first kappa shape index (κ1) is 25.1. The molecule has 0 bridgehead atoms. The van der Waals surface area contributed by atoms with E-state index in [4.69, 9.17) is 9.47 Å². The smallest absolute Gasteiger partial charge is 0.338 e. The number of aliphatic hydroxyl groups is 1. The molecule has 0 unspecified atom stereocenters. The van der Waals surface area contributed by atoms with Gasteiger partial charge in [-0.05, 0) is 61.0 Å². The molecule has 10 heteroatoms. The molecule has 1 N–H and O–H groups in total. The van der Waals surface area contributed by atoms with Gasteiger partial charge in [0.1, 0.15) is 11.5 Å². The fourth-order valence-corrected chi connectivity index (χ4v) is 4.10. The van der Waals surface area contributed by atoms with Crippen LogP contribution in [0.1, 0.15) is 34.5 Å². The summed E-state index contributed by atoms with van der Waals surface area (Å²) in [5.41, 5.74) is 0.521. The van der Waals surface area contributed by atoms with Gasteiger partial charge in [-0.1, -0.05) is 12.1 Å². The Morgan fingerprint density at radius 1 is 1.03 bits per heavy atom. The normalized spacial score (nSPS) is 16.5. The third-order valence-electron chi connectivity index (χ3n) is 5.86. The van der Waals surface area contributed by atoms with Crippen molar-refractivity contribution in [2.45, 2.75) is 13.0 Å². The van der Waals surface area contributed by atoms with Crippen molar-refractivity contribution in [2.75, 3.05) is 18.6 Å². The minimum Gasteiger partial charge on any atom is -0.507 e. The lowest BCUT2D eigenvalue weighted by Gasteiger charge is -2.25. The standard InChI is InChI=1S/C27H22N2O8/c1-3-37-27(33)17-7-11-19(12-8-17)28-23(18-5-4-6-20(15-18)29(34)35)22(25(31)26(28)32)24(30)16-9-13-21(36-2)14-10-16/h4-15,23,30H,3H2,1-2H3/t23-/m1/s1. The molecule has 188 valence electrons. The average Bonchev–Trinajstić information content (AvgIpc) is 3.18. The summed E-state index contributed by atoms with van der Waals surface area (Å²) in [6.07, 6.45) is 0. The predicted molar refractivity (Wildman–Crippen MR) is 133 cm³/mol. The number of carbonyl (C=O) groups is 3. The van der Waals surface area contributed by atoms with Gasteiger partial charge in [0.05, 0.1) is 35.8 Å². The van der Waals surface area contributed by atoms with Crippen LogP contribution in [0, 0.1) is 10.1 Å². The molecule has 10 nitrogen and oxygen atoms in total. The van der Waals surface area contributed by atoms with Gasteiger partial charge in [-0.3, -0.25) is 24.6 Å². The van der Waals surface area contributed by atoms with E-state index in [0.717, 1.165) is 4.90 Å². The highest BCUT2D eigenvalue weighted by Crippen LogP contribution is 2.43. The van der Waals surface area contributed by atoms with E-state index >= 15 is 0 Å². The molecule has 0 aliphatic carbocycles. The van der Waals surface area contributed by atoms with Gasteiger partial charge in [0, 0.05) is 23.4 Å². The number of hydrogen-bond donors (Lipinski definition) is 1. The van der Waals surface area contributed by atoms with Gasteiger partial charge in [-0.15, -0.1) is 0 Å². The van der Waals surface area contributed by atoms with Gasteiger partial charge in [0.25, 0.3) is 17.4 Å². The minimum absolute atomic E-state index is 0.188. The Morgan fingerprint density at radius 3 is 2.27 bits per heavy atom. The number of aliphatic hydroxyl groups excluding tert-OH is 1. The van der Waals surface area contributed by atoms with E-state index in [1.165, 1.54) is 67.8 Å². The molecule has 1 aliphatic heterocycles. The van der Waals surface area contributed by atoms with Gasteiger partial charge < -0.3 is 14.6 Å². The fraction of sp³-hybridized carbons (Fsp3) is 0.148. The number of ether oxygens (including phenoxy) is 2. The molecule has 3 aromatic rings. The van der Waals surface area contributed by atoms with Crippen LogP contribution in [0.2, 0.25) is 0 Å². The highest BCUT2D eigenvalue weighted by atomic mass is 16.6. The van der Waals surface area contributed by atoms with Crippen LogP contribution in [-0.2, 0) is 14.3 Å². The molecule has 1 aliphatic rings. The molecule has 1 fully saturated rings. The topological polar surface area (TPSA) is 136 Å². The van der Waals surface area contributed by atoms with Crippen molar-refractivity contribution in [1.82, 2.24) is 0 Å². The number of non-ortho nitro benzene ring substituents is 1. The first-order chi connectivity index (χ1) is 17.8. The number of anilines is 1. The Morgan fingerprint density at radius 2 is 1.68 bits per heavy atom. The number of nitrogens with zero attached hydrogens (tertiary/aromatic N) is 2. The van der Waals surface area contributed by atoms with E-state index in [2.05, 4.69) is 0 Å². The summed E-state index contributed by atoms with van der Waals surface area (Å²) in [5, 5.41) is 22.6. The fourth-order valence-electron chi connectivity index (χ4n) is 4.10. The first-order valence-corrected chi connectivity index (χ1v) is 11.2. The maximum Gasteiger partial charge on any atom is 0.338 e. The molecule has 3 aromatic carbocycles. The molecule has 1 atom stereocenters. The van der Waals surface area contributed by atoms with Crippen LogP contribution in [0.25, 0.3) is 5.76 Å². The van der Waals surface area contributed by atoms with Crippen molar-refractivity contribution in [3.05, 3.63) is 105 Å². The lowest BCUT2D eigenvalue weighted by molar-refractivity contribution is -0.384. The molecule has 1 saturated heterocycles. The van der Waals surface area contributed by atoms with E-state index in [1.54, 1.807) is 19.1 Å². The van der Waals surface area contributed by atoms with Gasteiger partial charge in [0.2, 0.25) is 0 Å². The largest absolute Gasteiger partial charge is 0.507 e. The summed E-state index contributed by atoms with van der Waals surface area (Å²) in [7, 11) is 1.48. The van der Waals surface area contributed by atoms with Crippen LogP contribution >= 0.6 is 0 Å². The van der Waals surface area contributed by atoms with E-state index in [-0.39, 0.29) is 40.2 Å². The van der Waals surface area contributed by atoms with E-state index in [0.29, 0.717) is 5.75 Å². The SMILES string of the molecule is CCOC(=O)c1ccc(N2C(=O)C(=O)C(=C(O)c3ccc(OC)cc3)[C@H]2c2cccc([N+](=O)[O-])c2)cc1. The third kappa shape index (κ3) is 4.76. The number of Topliss-reactive ketones (excluding diaryl/α,β-unsaturated/α-hetero) is 1. The van der Waals surface area contributed by atoms with Crippen LogP contribution in [0.5, 0.6) is 5.75 Å². The second-order valence-corrected chi connectivity index (χ2v) is 8.02. The Hall–Kier alpha value is -4.99. The zero-order valence-electron chi connectivity index (χ0n) is 19.9. The summed E-state index contributed by atoms with van der Waals surface area (Å²) in [5.74, 6) is -2.36. The molecule has 1 amide bonds. The Kier molecular flexibility index (Phi) is 7.01. The monoisotopic (exact) mass is 502 g/mol. The van der Waals surface area contributed by atoms with Crippen LogP contribution in [-0.4, -0.2) is 41.4 Å². The lowest BCUT2D eigenvalue weighted by atomic mass is 9.94. The second-order valence-electron chi connectivity index (χ2n) is 8.02. The lowest BCUT2D eigenvalue weighted by Crippen LogP contribution is -2.29. The molecule has 0 spiro atoms. The van der Waals surface area contributed by atoms with Gasteiger partial charge in [-0.2, -0.15) is 0 Å². The number of nitro groups is 1. The number of esters is 1. The van der Waals surface area contributed by atoms with Crippen LogP contribution in [0.3, 0.4) is 0 Å². The van der Waals surface area contributed by atoms with Crippen LogP contribution in [0.4, 0.5) is 11.4 Å². The van der Waals surface area contributed by atoms with Gasteiger partial charge in [0.15, 0.2) is 0 Å². The number of nitro benzene ring substituents is 1. The number of hydrogen-bond acceptors (Lipinski definition) is 8. The van der Waals surface area contributed by atoms with E-state index < -0.39 is 34.4 Å².